The maximum Gasteiger partial charge on any atom is 0.281 e. The molecule has 2 aromatic carbocycles. The summed E-state index contributed by atoms with van der Waals surface area (Å²) in [6.07, 6.45) is 1.23. The van der Waals surface area contributed by atoms with Crippen LogP contribution in [0, 0.1) is 0 Å². The second-order valence-corrected chi connectivity index (χ2v) is 9.12. The van der Waals surface area contributed by atoms with E-state index in [1.54, 1.807) is 43.8 Å². The Morgan fingerprint density at radius 3 is 2.74 bits per heavy atom. The van der Waals surface area contributed by atoms with E-state index in [0.717, 1.165) is 21.7 Å². The third-order valence-electron chi connectivity index (χ3n) is 6.15. The third-order valence-corrected chi connectivity index (χ3v) is 7.07. The Hall–Kier alpha value is -3.85. The molecule has 180 valence electrons. The Kier molecular flexibility index (Phi) is 6.41. The molecule has 0 radical (unpaired) electrons. The van der Waals surface area contributed by atoms with E-state index >= 15 is 0 Å². The van der Waals surface area contributed by atoms with Gasteiger partial charge in [0, 0.05) is 24.1 Å². The van der Waals surface area contributed by atoms with Gasteiger partial charge in [-0.1, -0.05) is 18.2 Å². The first-order valence-corrected chi connectivity index (χ1v) is 12.1. The van der Waals surface area contributed by atoms with Crippen molar-refractivity contribution in [3.8, 4) is 17.2 Å². The molecule has 3 aromatic rings. The number of benzene rings is 2. The lowest BCUT2D eigenvalue weighted by Gasteiger charge is -2.24. The van der Waals surface area contributed by atoms with Crippen molar-refractivity contribution in [3.05, 3.63) is 75.5 Å². The Labute approximate surface area is 207 Å². The summed E-state index contributed by atoms with van der Waals surface area (Å²) in [5, 5.41) is 11.0. The molecule has 0 aliphatic carbocycles. The van der Waals surface area contributed by atoms with Crippen molar-refractivity contribution in [3.63, 3.8) is 0 Å². The molecular weight excluding hydrogens is 466 g/mol. The second kappa shape index (κ2) is 9.79. The summed E-state index contributed by atoms with van der Waals surface area (Å²) in [6.45, 7) is 0.352. The normalized spacial score (nSPS) is 16.9. The molecule has 0 bridgehead atoms. The fraction of sp³-hybridized carbons (Fsp3) is 0.269. The van der Waals surface area contributed by atoms with Crippen LogP contribution < -0.4 is 19.5 Å². The first-order valence-electron chi connectivity index (χ1n) is 11.3. The van der Waals surface area contributed by atoms with Crippen LogP contribution in [0.25, 0.3) is 0 Å². The average Bonchev–Trinajstić information content (AvgIpc) is 3.57. The molecule has 2 amide bonds. The number of amides is 2. The van der Waals surface area contributed by atoms with E-state index in [-0.39, 0.29) is 24.5 Å². The van der Waals surface area contributed by atoms with E-state index in [2.05, 4.69) is 5.32 Å². The van der Waals surface area contributed by atoms with Crippen LogP contribution >= 0.6 is 11.3 Å². The number of thiophene rings is 1. The summed E-state index contributed by atoms with van der Waals surface area (Å²) in [7, 11) is 3.17. The highest BCUT2D eigenvalue weighted by Gasteiger charge is 2.34. The number of methoxy groups -OCH3 is 2. The van der Waals surface area contributed by atoms with Gasteiger partial charge in [0.15, 0.2) is 18.1 Å². The van der Waals surface area contributed by atoms with Crippen molar-refractivity contribution >= 4 is 28.9 Å². The van der Waals surface area contributed by atoms with Gasteiger partial charge >= 0.3 is 0 Å². The number of nitrogens with zero attached hydrogens (tertiary/aromatic N) is 2. The Balaban J connectivity index is 1.41. The fourth-order valence-electron chi connectivity index (χ4n) is 4.42. The van der Waals surface area contributed by atoms with Gasteiger partial charge in [0.1, 0.15) is 5.75 Å². The smallest absolute Gasteiger partial charge is 0.281 e. The summed E-state index contributed by atoms with van der Waals surface area (Å²) in [6, 6.07) is 14.6. The van der Waals surface area contributed by atoms with Crippen molar-refractivity contribution in [2.75, 3.05) is 27.4 Å². The zero-order valence-corrected chi connectivity index (χ0v) is 20.3. The molecule has 3 heterocycles. The monoisotopic (exact) mass is 491 g/mol. The van der Waals surface area contributed by atoms with Gasteiger partial charge in [-0.25, -0.2) is 5.01 Å². The van der Waals surface area contributed by atoms with Crippen LogP contribution in [-0.2, 0) is 11.2 Å². The van der Waals surface area contributed by atoms with Crippen LogP contribution in [-0.4, -0.2) is 49.9 Å². The van der Waals surface area contributed by atoms with Crippen molar-refractivity contribution in [1.82, 2.24) is 10.3 Å². The number of nitrogens with one attached hydrogen (secondary N) is 1. The topological polar surface area (TPSA) is 89.5 Å². The predicted molar refractivity (Wildman–Crippen MR) is 133 cm³/mol. The number of hydrazone groups is 1. The molecule has 0 fully saturated rings. The molecule has 1 N–H and O–H groups in total. The molecule has 8 nitrogen and oxygen atoms in total. The van der Waals surface area contributed by atoms with Gasteiger partial charge < -0.3 is 19.5 Å². The molecule has 0 saturated heterocycles. The number of hydrogen-bond acceptors (Lipinski definition) is 7. The molecule has 0 unspecified atom stereocenters. The van der Waals surface area contributed by atoms with Crippen molar-refractivity contribution in [1.29, 1.82) is 0 Å². The summed E-state index contributed by atoms with van der Waals surface area (Å²) < 4.78 is 16.8. The number of hydrogen-bond donors (Lipinski definition) is 1. The van der Waals surface area contributed by atoms with Gasteiger partial charge in [-0.3, -0.25) is 9.59 Å². The number of fused-ring (bicyclic) bond motifs is 1. The number of ether oxygens (including phenoxy) is 3. The van der Waals surface area contributed by atoms with Crippen LogP contribution in [0.15, 0.2) is 59.0 Å². The van der Waals surface area contributed by atoms with Crippen LogP contribution in [0.5, 0.6) is 17.2 Å². The summed E-state index contributed by atoms with van der Waals surface area (Å²) >= 11 is 1.59. The number of carbonyl (C=O) groups excluding carboxylic acids is 2. The minimum atomic E-state index is -0.307. The van der Waals surface area contributed by atoms with Gasteiger partial charge in [-0.15, -0.1) is 11.3 Å². The van der Waals surface area contributed by atoms with Crippen LogP contribution in [0.2, 0.25) is 0 Å². The molecule has 1 aromatic heterocycles. The Bertz CT molecular complexity index is 1290. The SMILES string of the molecule is COc1ccc([C@@H]2CC(c3cccs3)=NN2C(=O)COc2cccc3c2CCNC3=O)cc1OC. The molecule has 5 rings (SSSR count). The quantitative estimate of drug-likeness (QED) is 0.543. The van der Waals surface area contributed by atoms with Gasteiger partial charge in [-0.2, -0.15) is 5.10 Å². The van der Waals surface area contributed by atoms with Crippen molar-refractivity contribution in [2.24, 2.45) is 5.10 Å². The molecule has 0 saturated carbocycles. The van der Waals surface area contributed by atoms with E-state index in [1.807, 2.05) is 35.7 Å². The third kappa shape index (κ3) is 4.46. The highest BCUT2D eigenvalue weighted by Crippen LogP contribution is 2.38. The van der Waals surface area contributed by atoms with Crippen LogP contribution in [0.1, 0.15) is 38.8 Å². The lowest BCUT2D eigenvalue weighted by molar-refractivity contribution is -0.135. The molecule has 35 heavy (non-hydrogen) atoms. The Morgan fingerprint density at radius 2 is 1.97 bits per heavy atom. The zero-order valence-electron chi connectivity index (χ0n) is 19.4. The molecule has 1 atom stereocenters. The van der Waals surface area contributed by atoms with Crippen LogP contribution in [0.3, 0.4) is 0 Å². The van der Waals surface area contributed by atoms with Gasteiger partial charge in [-0.05, 0) is 47.7 Å². The number of carbonyl (C=O) groups is 2. The molecule has 2 aliphatic rings. The number of rotatable bonds is 7. The lowest BCUT2D eigenvalue weighted by atomic mass is 9.99. The van der Waals surface area contributed by atoms with E-state index in [4.69, 9.17) is 19.3 Å². The lowest BCUT2D eigenvalue weighted by Crippen LogP contribution is -2.33. The summed E-state index contributed by atoms with van der Waals surface area (Å²) in [4.78, 5) is 26.6. The highest BCUT2D eigenvalue weighted by molar-refractivity contribution is 7.12. The highest BCUT2D eigenvalue weighted by atomic mass is 32.1. The molecule has 9 heteroatoms. The van der Waals surface area contributed by atoms with E-state index < -0.39 is 0 Å². The summed E-state index contributed by atoms with van der Waals surface area (Å²) in [5.74, 6) is 1.37. The first-order chi connectivity index (χ1) is 17.1. The van der Waals surface area contributed by atoms with Gasteiger partial charge in [0.2, 0.25) is 0 Å². The second-order valence-electron chi connectivity index (χ2n) is 8.17. The maximum absolute atomic E-state index is 13.4. The van der Waals surface area contributed by atoms with Gasteiger partial charge in [0.05, 0.1) is 30.9 Å². The average molecular weight is 492 g/mol. The minimum Gasteiger partial charge on any atom is -0.493 e. The van der Waals surface area contributed by atoms with Gasteiger partial charge in [0.25, 0.3) is 11.8 Å². The molecule has 0 spiro atoms. The van der Waals surface area contributed by atoms with E-state index in [0.29, 0.717) is 42.2 Å². The summed E-state index contributed by atoms with van der Waals surface area (Å²) in [5.41, 5.74) is 3.15. The van der Waals surface area contributed by atoms with Crippen molar-refractivity contribution < 1.29 is 23.8 Å². The predicted octanol–water partition coefficient (Wildman–Crippen LogP) is 3.81. The first kappa shape index (κ1) is 22.9. The molecule has 2 aliphatic heterocycles. The zero-order chi connectivity index (χ0) is 24.4. The van der Waals surface area contributed by atoms with E-state index in [9.17, 15) is 9.59 Å². The minimum absolute atomic E-state index is 0.124. The molecular formula is C26H25N3O5S. The van der Waals surface area contributed by atoms with Crippen molar-refractivity contribution in [2.45, 2.75) is 18.9 Å². The largest absolute Gasteiger partial charge is 0.493 e. The van der Waals surface area contributed by atoms with Crippen LogP contribution in [0.4, 0.5) is 0 Å². The standard InChI is InChI=1S/C26H25N3O5S/c1-32-22-9-8-16(13-23(22)33-2)20-14-19(24-7-4-12-35-24)28-29(20)25(30)15-34-21-6-3-5-18-17(21)10-11-27-26(18)31/h3-9,12-13,20H,10-11,14-15H2,1-2H3,(H,27,31)/t20-/m0/s1. The maximum atomic E-state index is 13.4. The van der Waals surface area contributed by atoms with E-state index in [1.165, 1.54) is 5.01 Å². The Morgan fingerprint density at radius 1 is 1.11 bits per heavy atom. The fourth-order valence-corrected chi connectivity index (χ4v) is 5.15.